The summed E-state index contributed by atoms with van der Waals surface area (Å²) in [6, 6.07) is 8.64. The normalized spacial score (nSPS) is 30.8. The van der Waals surface area contributed by atoms with Crippen LogP contribution in [0.25, 0.3) is 0 Å². The minimum absolute atomic E-state index is 0.0196. The number of rotatable bonds is 5. The van der Waals surface area contributed by atoms with Crippen LogP contribution in [-0.2, 0) is 38.1 Å². The molecule has 2 bridgehead atoms. The molecule has 1 aromatic carbocycles. The van der Waals surface area contributed by atoms with Crippen LogP contribution in [0.3, 0.4) is 0 Å². The van der Waals surface area contributed by atoms with Gasteiger partial charge in [-0.15, -0.1) is 0 Å². The maximum absolute atomic E-state index is 13.1. The number of fused-ring (bicyclic) bond motifs is 2. The number of ether oxygens (including phenoxy) is 4. The first kappa shape index (κ1) is 24.2. The van der Waals surface area contributed by atoms with Crippen molar-refractivity contribution in [1.29, 1.82) is 0 Å². The van der Waals surface area contributed by atoms with Crippen LogP contribution in [0.5, 0.6) is 0 Å². The van der Waals surface area contributed by atoms with E-state index in [-0.39, 0.29) is 12.0 Å². The third-order valence-electron chi connectivity index (χ3n) is 6.67. The second kappa shape index (κ2) is 9.22. The lowest BCUT2D eigenvalue weighted by molar-refractivity contribution is -0.208. The SMILES string of the molecule is COC(=O)C1=C(O)C(C(=O)OC)[C@]2(O)[C@H](C(=O)OC)[C@H]1C[C@@H](c1ccccc1)[C@@H]2C(=O)OC. The Morgan fingerprint density at radius 3 is 1.82 bits per heavy atom. The average Bonchev–Trinajstić information content (AvgIpc) is 2.82. The highest BCUT2D eigenvalue weighted by Gasteiger charge is 2.71. The number of hydrogen-bond acceptors (Lipinski definition) is 10. The van der Waals surface area contributed by atoms with Gasteiger partial charge in [-0.1, -0.05) is 30.3 Å². The molecule has 0 aliphatic heterocycles. The first-order valence-electron chi connectivity index (χ1n) is 10.2. The van der Waals surface area contributed by atoms with Crippen molar-refractivity contribution in [3.8, 4) is 0 Å². The van der Waals surface area contributed by atoms with E-state index in [0.717, 1.165) is 28.4 Å². The summed E-state index contributed by atoms with van der Waals surface area (Å²) in [5, 5.41) is 23.1. The number of esters is 4. The van der Waals surface area contributed by atoms with E-state index >= 15 is 0 Å². The third kappa shape index (κ3) is 3.64. The van der Waals surface area contributed by atoms with Gasteiger partial charge in [-0.05, 0) is 12.0 Å². The Bertz CT molecular complexity index is 984. The van der Waals surface area contributed by atoms with Gasteiger partial charge in [-0.25, -0.2) is 4.79 Å². The van der Waals surface area contributed by atoms with Crippen molar-refractivity contribution in [2.45, 2.75) is 17.9 Å². The number of hydrogen-bond donors (Lipinski definition) is 2. The lowest BCUT2D eigenvalue weighted by Crippen LogP contribution is -2.68. The highest BCUT2D eigenvalue weighted by Crippen LogP contribution is 2.59. The van der Waals surface area contributed by atoms with Crippen molar-refractivity contribution in [1.82, 2.24) is 0 Å². The maximum Gasteiger partial charge on any atom is 0.337 e. The topological polar surface area (TPSA) is 146 Å². The number of benzene rings is 1. The Balaban J connectivity index is 2.41. The van der Waals surface area contributed by atoms with Crippen LogP contribution in [-0.4, -0.2) is 68.1 Å². The molecule has 1 fully saturated rings. The summed E-state index contributed by atoms with van der Waals surface area (Å²) < 4.78 is 19.5. The zero-order chi connectivity index (χ0) is 24.5. The molecular weight excluding hydrogens is 436 g/mol. The van der Waals surface area contributed by atoms with Gasteiger partial charge in [0.05, 0.1) is 45.8 Å². The highest BCUT2D eigenvalue weighted by molar-refractivity contribution is 5.96. The Hall–Kier alpha value is -3.40. The molecule has 0 aromatic heterocycles. The van der Waals surface area contributed by atoms with E-state index in [9.17, 15) is 29.4 Å². The molecule has 33 heavy (non-hydrogen) atoms. The van der Waals surface area contributed by atoms with E-state index in [1.54, 1.807) is 30.3 Å². The van der Waals surface area contributed by atoms with E-state index in [1.165, 1.54) is 0 Å². The van der Waals surface area contributed by atoms with Gasteiger partial charge >= 0.3 is 23.9 Å². The minimum atomic E-state index is -2.53. The van der Waals surface area contributed by atoms with Crippen LogP contribution in [0.2, 0.25) is 0 Å². The maximum atomic E-state index is 13.1. The quantitative estimate of drug-likeness (QED) is 0.478. The highest BCUT2D eigenvalue weighted by atomic mass is 16.5. The minimum Gasteiger partial charge on any atom is -0.511 e. The zero-order valence-electron chi connectivity index (χ0n) is 18.6. The molecule has 10 heteroatoms. The molecule has 1 aromatic rings. The van der Waals surface area contributed by atoms with Gasteiger partial charge in [0.25, 0.3) is 0 Å². The van der Waals surface area contributed by atoms with Crippen molar-refractivity contribution in [2.24, 2.45) is 23.7 Å². The largest absolute Gasteiger partial charge is 0.511 e. The van der Waals surface area contributed by atoms with Crippen LogP contribution in [0.15, 0.2) is 41.7 Å². The fourth-order valence-corrected chi connectivity index (χ4v) is 5.36. The first-order chi connectivity index (χ1) is 15.7. The van der Waals surface area contributed by atoms with Gasteiger partial charge in [0.1, 0.15) is 17.3 Å². The molecule has 178 valence electrons. The van der Waals surface area contributed by atoms with Gasteiger partial charge < -0.3 is 29.2 Å². The van der Waals surface area contributed by atoms with Crippen LogP contribution in [0.4, 0.5) is 0 Å². The molecule has 1 saturated carbocycles. The van der Waals surface area contributed by atoms with Gasteiger partial charge in [0.15, 0.2) is 0 Å². The second-order valence-electron chi connectivity index (χ2n) is 8.00. The summed E-state index contributed by atoms with van der Waals surface area (Å²) in [5.74, 6) is -11.7. The first-order valence-corrected chi connectivity index (χ1v) is 10.2. The Morgan fingerprint density at radius 1 is 0.818 bits per heavy atom. The van der Waals surface area contributed by atoms with Gasteiger partial charge in [0, 0.05) is 11.8 Å². The van der Waals surface area contributed by atoms with Gasteiger partial charge in [-0.2, -0.15) is 0 Å². The van der Waals surface area contributed by atoms with E-state index in [1.807, 2.05) is 0 Å². The zero-order valence-corrected chi connectivity index (χ0v) is 18.6. The predicted octanol–water partition coefficient (Wildman–Crippen LogP) is 0.887. The fraction of sp³-hybridized carbons (Fsp3) is 0.478. The Kier molecular flexibility index (Phi) is 6.78. The van der Waals surface area contributed by atoms with Gasteiger partial charge in [-0.3, -0.25) is 14.4 Å². The summed E-state index contributed by atoms with van der Waals surface area (Å²) in [4.78, 5) is 51.6. The predicted molar refractivity (Wildman–Crippen MR) is 110 cm³/mol. The van der Waals surface area contributed by atoms with Crippen LogP contribution >= 0.6 is 0 Å². The van der Waals surface area contributed by atoms with E-state index in [4.69, 9.17) is 18.9 Å². The number of aliphatic hydroxyl groups excluding tert-OH is 1. The fourth-order valence-electron chi connectivity index (χ4n) is 5.36. The number of carbonyl (C=O) groups is 4. The monoisotopic (exact) mass is 462 g/mol. The summed E-state index contributed by atoms with van der Waals surface area (Å²) in [5.41, 5.74) is -2.27. The van der Waals surface area contributed by atoms with E-state index in [0.29, 0.717) is 5.56 Å². The van der Waals surface area contributed by atoms with Crippen molar-refractivity contribution >= 4 is 23.9 Å². The summed E-state index contributed by atoms with van der Waals surface area (Å²) >= 11 is 0. The Labute approximate surface area is 190 Å². The number of aliphatic hydroxyl groups is 2. The van der Waals surface area contributed by atoms with Crippen LogP contribution in [0, 0.1) is 23.7 Å². The summed E-state index contributed by atoms with van der Waals surface area (Å²) in [7, 11) is 4.28. The number of carbonyl (C=O) groups excluding carboxylic acids is 4. The van der Waals surface area contributed by atoms with Crippen molar-refractivity contribution in [3.05, 3.63) is 47.2 Å². The summed E-state index contributed by atoms with van der Waals surface area (Å²) in [6.45, 7) is 0. The van der Waals surface area contributed by atoms with E-state index in [2.05, 4.69) is 0 Å². The molecule has 0 amide bonds. The molecule has 3 rings (SSSR count). The lowest BCUT2D eigenvalue weighted by atomic mass is 9.49. The van der Waals surface area contributed by atoms with Crippen molar-refractivity contribution in [3.63, 3.8) is 0 Å². The molecule has 1 unspecified atom stereocenters. The van der Waals surface area contributed by atoms with Crippen molar-refractivity contribution < 1.29 is 48.3 Å². The number of methoxy groups -OCH3 is 4. The molecule has 0 radical (unpaired) electrons. The molecule has 6 atom stereocenters. The lowest BCUT2D eigenvalue weighted by Gasteiger charge is -2.55. The van der Waals surface area contributed by atoms with E-state index < -0.39 is 64.8 Å². The molecule has 0 spiro atoms. The van der Waals surface area contributed by atoms with Crippen LogP contribution < -0.4 is 0 Å². The molecule has 2 aliphatic carbocycles. The van der Waals surface area contributed by atoms with Crippen molar-refractivity contribution in [2.75, 3.05) is 28.4 Å². The smallest absolute Gasteiger partial charge is 0.337 e. The molecule has 0 heterocycles. The van der Waals surface area contributed by atoms with Crippen LogP contribution in [0.1, 0.15) is 17.9 Å². The van der Waals surface area contributed by atoms with Gasteiger partial charge in [0.2, 0.25) is 0 Å². The second-order valence-corrected chi connectivity index (χ2v) is 8.00. The molecule has 0 saturated heterocycles. The molecule has 2 N–H and O–H groups in total. The Morgan fingerprint density at radius 2 is 1.33 bits per heavy atom. The molecular formula is C23H26O10. The molecule has 10 nitrogen and oxygen atoms in total. The third-order valence-corrected chi connectivity index (χ3v) is 6.67. The summed E-state index contributed by atoms with van der Waals surface area (Å²) in [6.07, 6.45) is -0.0196. The molecule has 2 aliphatic rings. The standard InChI is InChI=1S/C23H26O10/c1-30-19(25)14-13-10-12(11-8-6-5-7-9-11)15(20(26)31-2)23(29,16(13)21(27)32-3)17(18(14)24)22(28)33-4/h5-9,12-13,15-17,24,29H,10H2,1-4H3/t12-,13-,15+,16-,17?,23+/m0/s1. The average molecular weight is 462 g/mol.